The number of nitrogens with zero attached hydrogens (tertiary/aromatic N) is 1. The third-order valence-electron chi connectivity index (χ3n) is 4.85. The summed E-state index contributed by atoms with van der Waals surface area (Å²) in [6, 6.07) is 9.37. The van der Waals surface area contributed by atoms with Gasteiger partial charge in [-0.15, -0.1) is 0 Å². The summed E-state index contributed by atoms with van der Waals surface area (Å²) in [7, 11) is 0. The molecular formula is C17H25BrN2O. The van der Waals surface area contributed by atoms with E-state index < -0.39 is 0 Å². The summed E-state index contributed by atoms with van der Waals surface area (Å²) >= 11 is 3.71. The average molecular weight is 353 g/mol. The molecule has 2 N–H and O–H groups in total. The van der Waals surface area contributed by atoms with Crippen LogP contribution < -0.4 is 5.73 Å². The number of hydrogen-bond acceptors (Lipinski definition) is 3. The Hall–Kier alpha value is -0.420. The first-order valence-electron chi connectivity index (χ1n) is 8.06. The van der Waals surface area contributed by atoms with E-state index in [2.05, 4.69) is 52.0 Å². The summed E-state index contributed by atoms with van der Waals surface area (Å²) in [4.78, 5) is 2.61. The smallest absolute Gasteiger partial charge is 0.0731 e. The van der Waals surface area contributed by atoms with E-state index >= 15 is 0 Å². The maximum atomic E-state index is 6.39. The number of fused-ring (bicyclic) bond motifs is 1. The molecule has 4 atom stereocenters. The maximum Gasteiger partial charge on any atom is 0.0731 e. The predicted molar refractivity (Wildman–Crippen MR) is 89.2 cm³/mol. The first kappa shape index (κ1) is 15.5. The maximum absolute atomic E-state index is 6.39. The number of rotatable bonds is 3. The van der Waals surface area contributed by atoms with Gasteiger partial charge in [0, 0.05) is 23.1 Å². The van der Waals surface area contributed by atoms with Gasteiger partial charge in [-0.3, -0.25) is 4.90 Å². The van der Waals surface area contributed by atoms with E-state index in [0.717, 1.165) is 17.6 Å². The SMILES string of the molecule is CC(N)C(c1ccccc1Br)N1CCOC2CCCCC21. The van der Waals surface area contributed by atoms with Crippen LogP contribution in [-0.4, -0.2) is 36.2 Å². The molecule has 2 aliphatic rings. The third-order valence-corrected chi connectivity index (χ3v) is 5.58. The molecule has 0 spiro atoms. The van der Waals surface area contributed by atoms with E-state index in [1.165, 1.54) is 31.2 Å². The van der Waals surface area contributed by atoms with Crippen molar-refractivity contribution in [3.63, 3.8) is 0 Å². The average Bonchev–Trinajstić information content (AvgIpc) is 2.49. The Morgan fingerprint density at radius 3 is 2.81 bits per heavy atom. The van der Waals surface area contributed by atoms with E-state index in [4.69, 9.17) is 10.5 Å². The van der Waals surface area contributed by atoms with Crippen LogP contribution in [0.5, 0.6) is 0 Å². The van der Waals surface area contributed by atoms with Crippen molar-refractivity contribution in [3.05, 3.63) is 34.3 Å². The molecule has 2 fully saturated rings. The molecule has 1 saturated carbocycles. The van der Waals surface area contributed by atoms with Crippen LogP contribution >= 0.6 is 15.9 Å². The van der Waals surface area contributed by atoms with Crippen LogP contribution in [0.3, 0.4) is 0 Å². The van der Waals surface area contributed by atoms with Crippen LogP contribution in [-0.2, 0) is 4.74 Å². The largest absolute Gasteiger partial charge is 0.375 e. The first-order valence-corrected chi connectivity index (χ1v) is 8.85. The first-order chi connectivity index (χ1) is 10.2. The van der Waals surface area contributed by atoms with E-state index in [0.29, 0.717) is 12.1 Å². The lowest BCUT2D eigenvalue weighted by Gasteiger charge is -2.48. The van der Waals surface area contributed by atoms with Gasteiger partial charge in [0.1, 0.15) is 0 Å². The molecule has 0 amide bonds. The van der Waals surface area contributed by atoms with Gasteiger partial charge >= 0.3 is 0 Å². The Morgan fingerprint density at radius 2 is 2.05 bits per heavy atom. The molecule has 1 aliphatic heterocycles. The van der Waals surface area contributed by atoms with E-state index in [1.807, 2.05) is 0 Å². The standard InChI is InChI=1S/C17H25BrN2O/c1-12(19)17(13-6-2-3-7-14(13)18)20-10-11-21-16-9-5-4-8-15(16)20/h2-3,6-7,12,15-17H,4-5,8-11,19H2,1H3. The summed E-state index contributed by atoms with van der Waals surface area (Å²) in [6.45, 7) is 3.93. The van der Waals surface area contributed by atoms with E-state index in [-0.39, 0.29) is 12.1 Å². The molecule has 1 aliphatic carbocycles. The van der Waals surface area contributed by atoms with E-state index in [1.54, 1.807) is 0 Å². The monoisotopic (exact) mass is 352 g/mol. The van der Waals surface area contributed by atoms with Gasteiger partial charge in [-0.25, -0.2) is 0 Å². The van der Waals surface area contributed by atoms with Gasteiger partial charge in [-0.05, 0) is 31.4 Å². The van der Waals surface area contributed by atoms with Crippen LogP contribution in [0.15, 0.2) is 28.7 Å². The minimum atomic E-state index is 0.101. The van der Waals surface area contributed by atoms with Crippen LogP contribution in [0.1, 0.15) is 44.2 Å². The van der Waals surface area contributed by atoms with E-state index in [9.17, 15) is 0 Å². The van der Waals surface area contributed by atoms with Crippen molar-refractivity contribution >= 4 is 15.9 Å². The highest BCUT2D eigenvalue weighted by Crippen LogP contribution is 2.37. The minimum absolute atomic E-state index is 0.101. The summed E-state index contributed by atoms with van der Waals surface area (Å²) in [6.07, 6.45) is 5.44. The van der Waals surface area contributed by atoms with Crippen molar-refractivity contribution in [3.8, 4) is 0 Å². The van der Waals surface area contributed by atoms with Gasteiger partial charge in [-0.2, -0.15) is 0 Å². The molecule has 1 aromatic rings. The summed E-state index contributed by atoms with van der Waals surface area (Å²) < 4.78 is 7.17. The predicted octanol–water partition coefficient (Wildman–Crippen LogP) is 3.48. The zero-order chi connectivity index (χ0) is 14.8. The molecule has 4 unspecified atom stereocenters. The Morgan fingerprint density at radius 1 is 1.29 bits per heavy atom. The molecule has 0 aromatic heterocycles. The Labute approximate surface area is 136 Å². The molecule has 3 nitrogen and oxygen atoms in total. The Balaban J connectivity index is 1.91. The summed E-state index contributed by atoms with van der Waals surface area (Å²) in [5.41, 5.74) is 7.69. The fourth-order valence-corrected chi connectivity index (χ4v) is 4.47. The van der Waals surface area contributed by atoms with Crippen LogP contribution in [0, 0.1) is 0 Å². The molecule has 0 radical (unpaired) electrons. The number of hydrogen-bond donors (Lipinski definition) is 1. The molecule has 1 heterocycles. The summed E-state index contributed by atoms with van der Waals surface area (Å²) in [5, 5.41) is 0. The third kappa shape index (κ3) is 3.19. The number of benzene rings is 1. The van der Waals surface area contributed by atoms with Gasteiger partial charge in [0.05, 0.1) is 18.8 Å². The topological polar surface area (TPSA) is 38.5 Å². The minimum Gasteiger partial charge on any atom is -0.375 e. The zero-order valence-corrected chi connectivity index (χ0v) is 14.3. The Bertz CT molecular complexity index is 478. The highest BCUT2D eigenvalue weighted by Gasteiger charge is 2.39. The van der Waals surface area contributed by atoms with Crippen LogP contribution in [0.2, 0.25) is 0 Å². The highest BCUT2D eigenvalue weighted by molar-refractivity contribution is 9.10. The second kappa shape index (κ2) is 6.78. The number of morpholine rings is 1. The lowest BCUT2D eigenvalue weighted by Crippen LogP contribution is -2.56. The molecule has 21 heavy (non-hydrogen) atoms. The van der Waals surface area contributed by atoms with Gasteiger partial charge in [-0.1, -0.05) is 47.0 Å². The molecule has 116 valence electrons. The van der Waals surface area contributed by atoms with Crippen molar-refractivity contribution in [2.45, 2.75) is 56.8 Å². The molecular weight excluding hydrogens is 328 g/mol. The van der Waals surface area contributed by atoms with Gasteiger partial charge in [0.25, 0.3) is 0 Å². The Kier molecular flexibility index (Phi) is 4.99. The molecule has 1 saturated heterocycles. The van der Waals surface area contributed by atoms with Gasteiger partial charge in [0.2, 0.25) is 0 Å². The van der Waals surface area contributed by atoms with Crippen molar-refractivity contribution in [2.24, 2.45) is 5.73 Å². The van der Waals surface area contributed by atoms with Crippen molar-refractivity contribution < 1.29 is 4.74 Å². The fraction of sp³-hybridized carbons (Fsp3) is 0.647. The summed E-state index contributed by atoms with van der Waals surface area (Å²) in [5.74, 6) is 0. The quantitative estimate of drug-likeness (QED) is 0.904. The lowest BCUT2D eigenvalue weighted by molar-refractivity contribution is -0.106. The molecule has 4 heteroatoms. The van der Waals surface area contributed by atoms with Crippen molar-refractivity contribution in [2.75, 3.05) is 13.2 Å². The zero-order valence-electron chi connectivity index (χ0n) is 12.7. The second-order valence-electron chi connectivity index (χ2n) is 6.32. The van der Waals surface area contributed by atoms with Crippen LogP contribution in [0.4, 0.5) is 0 Å². The molecule has 1 aromatic carbocycles. The molecule has 0 bridgehead atoms. The fourth-order valence-electron chi connectivity index (χ4n) is 3.95. The normalized spacial score (nSPS) is 29.7. The second-order valence-corrected chi connectivity index (χ2v) is 7.18. The van der Waals surface area contributed by atoms with Gasteiger partial charge in [0.15, 0.2) is 0 Å². The highest BCUT2D eigenvalue weighted by atomic mass is 79.9. The lowest BCUT2D eigenvalue weighted by atomic mass is 9.87. The number of halogens is 1. The van der Waals surface area contributed by atoms with Gasteiger partial charge < -0.3 is 10.5 Å². The van der Waals surface area contributed by atoms with Crippen molar-refractivity contribution in [1.82, 2.24) is 4.90 Å². The molecule has 3 rings (SSSR count). The van der Waals surface area contributed by atoms with Crippen molar-refractivity contribution in [1.29, 1.82) is 0 Å². The number of nitrogens with two attached hydrogens (primary N) is 1. The number of ether oxygens (including phenoxy) is 1. The van der Waals surface area contributed by atoms with Crippen LogP contribution in [0.25, 0.3) is 0 Å².